The summed E-state index contributed by atoms with van der Waals surface area (Å²) in [5.74, 6) is -1.99. The van der Waals surface area contributed by atoms with Crippen LogP contribution in [0.1, 0.15) is 119 Å². The highest BCUT2D eigenvalue weighted by Gasteiger charge is 2.45. The molecule has 0 fully saturated rings. The second-order valence-corrected chi connectivity index (χ2v) is 7.85. The molecule has 0 saturated carbocycles. The monoisotopic (exact) mass is 416 g/mol. The van der Waals surface area contributed by atoms with Gasteiger partial charge in [-0.1, -0.05) is 67.2 Å². The van der Waals surface area contributed by atoms with Gasteiger partial charge in [0.25, 0.3) is 0 Å². The second-order valence-electron chi connectivity index (χ2n) is 7.85. The van der Waals surface area contributed by atoms with E-state index in [2.05, 4.69) is 41.5 Å². The first-order valence-corrected chi connectivity index (χ1v) is 12.4. The van der Waals surface area contributed by atoms with Crippen molar-refractivity contribution in [2.45, 2.75) is 130 Å². The van der Waals surface area contributed by atoms with Crippen LogP contribution in [0.3, 0.4) is 0 Å². The number of nitrogens with zero attached hydrogens (tertiary/aromatic N) is 1. The van der Waals surface area contributed by atoms with Gasteiger partial charge >= 0.3 is 0 Å². The first kappa shape index (κ1) is 28.8. The van der Waals surface area contributed by atoms with Crippen LogP contribution in [0.2, 0.25) is 0 Å². The lowest BCUT2D eigenvalue weighted by Crippen LogP contribution is -2.58. The Kier molecular flexibility index (Phi) is 18.4. The Bertz CT molecular complexity index is 300. The molecule has 0 aliphatic heterocycles. The molecule has 5 heteroatoms. The molecule has 0 aromatic carbocycles. The maximum Gasteiger partial charge on any atom is 0.247 e. The Labute approximate surface area is 181 Å². The zero-order chi connectivity index (χ0) is 21.8. The molecule has 5 nitrogen and oxygen atoms in total. The molecule has 0 aliphatic rings. The highest BCUT2D eigenvalue weighted by molar-refractivity contribution is 4.77. The summed E-state index contributed by atoms with van der Waals surface area (Å²) in [7, 11) is 0. The van der Waals surface area contributed by atoms with E-state index in [0.29, 0.717) is 39.3 Å². The van der Waals surface area contributed by atoms with Crippen molar-refractivity contribution in [2.75, 3.05) is 26.4 Å². The third-order valence-electron chi connectivity index (χ3n) is 4.77. The summed E-state index contributed by atoms with van der Waals surface area (Å²) in [5.41, 5.74) is 0. The zero-order valence-electron chi connectivity index (χ0n) is 20.4. The maximum atomic E-state index is 6.32. The third-order valence-corrected chi connectivity index (χ3v) is 4.77. The summed E-state index contributed by atoms with van der Waals surface area (Å²) in [6.45, 7) is 15.5. The summed E-state index contributed by atoms with van der Waals surface area (Å²) in [6, 6.07) is 0. The minimum Gasteiger partial charge on any atom is -0.336 e. The Balaban J connectivity index is 5.62. The lowest BCUT2D eigenvalue weighted by molar-refractivity contribution is -0.351. The Morgan fingerprint density at radius 1 is 0.448 bits per heavy atom. The van der Waals surface area contributed by atoms with E-state index in [-0.39, 0.29) is 0 Å². The predicted molar refractivity (Wildman–Crippen MR) is 121 cm³/mol. The van der Waals surface area contributed by atoms with Crippen LogP contribution in [0.5, 0.6) is 0 Å². The van der Waals surface area contributed by atoms with E-state index in [0.717, 1.165) is 64.2 Å². The lowest BCUT2D eigenvalue weighted by atomic mass is 10.2. The van der Waals surface area contributed by atoms with Crippen LogP contribution in [-0.2, 0) is 18.9 Å². The second kappa shape index (κ2) is 18.6. The fourth-order valence-electron chi connectivity index (χ4n) is 3.01. The van der Waals surface area contributed by atoms with Crippen LogP contribution in [0.25, 0.3) is 0 Å². The zero-order valence-corrected chi connectivity index (χ0v) is 20.4. The largest absolute Gasteiger partial charge is 0.336 e. The lowest BCUT2D eigenvalue weighted by Gasteiger charge is -2.42. The average Bonchev–Trinajstić information content (AvgIpc) is 2.69. The van der Waals surface area contributed by atoms with Crippen molar-refractivity contribution in [1.82, 2.24) is 5.32 Å². The van der Waals surface area contributed by atoms with Gasteiger partial charge in [-0.15, -0.1) is 5.32 Å². The van der Waals surface area contributed by atoms with Crippen LogP contribution in [0.15, 0.2) is 0 Å². The average molecular weight is 417 g/mol. The minimum atomic E-state index is -0.993. The minimum absolute atomic E-state index is 0.637. The molecule has 0 aliphatic carbocycles. The molecule has 0 unspecified atom stereocenters. The van der Waals surface area contributed by atoms with Crippen LogP contribution < -0.4 is 5.32 Å². The molecule has 0 spiro atoms. The number of unbranched alkanes of at least 4 members (excludes halogenated alkanes) is 4. The van der Waals surface area contributed by atoms with Gasteiger partial charge in [0.1, 0.15) is 0 Å². The Hall–Kier alpha value is -0.200. The molecule has 29 heavy (non-hydrogen) atoms. The van der Waals surface area contributed by atoms with Crippen molar-refractivity contribution in [3.8, 4) is 0 Å². The van der Waals surface area contributed by atoms with E-state index in [1.165, 1.54) is 0 Å². The van der Waals surface area contributed by atoms with Gasteiger partial charge < -0.3 is 18.9 Å². The summed E-state index contributed by atoms with van der Waals surface area (Å²) in [6.07, 6.45) is 11.6. The predicted octanol–water partition coefficient (Wildman–Crippen LogP) is 6.77. The molecule has 0 aromatic rings. The normalized spacial score (nSPS) is 12.6. The standard InChI is InChI=1S/C24H50NO4/c1-7-13-19-26-23(17-11-5,27-20-14-8-2)25-24(18-12-6,28-21-15-9-3)29-22-16-10-4/h7-22H2,1-6H3. The Morgan fingerprint density at radius 3 is 0.931 bits per heavy atom. The van der Waals surface area contributed by atoms with E-state index >= 15 is 0 Å². The molecule has 0 N–H and O–H groups in total. The molecule has 0 amide bonds. The molecule has 0 saturated heterocycles. The number of hydrogen-bond acceptors (Lipinski definition) is 4. The fourth-order valence-corrected chi connectivity index (χ4v) is 3.01. The smallest absolute Gasteiger partial charge is 0.247 e. The number of ether oxygens (including phenoxy) is 4. The summed E-state index contributed by atoms with van der Waals surface area (Å²) in [4.78, 5) is 0. The quantitative estimate of drug-likeness (QED) is 0.144. The van der Waals surface area contributed by atoms with Crippen LogP contribution in [0, 0.1) is 0 Å². The third kappa shape index (κ3) is 13.0. The van der Waals surface area contributed by atoms with Crippen molar-refractivity contribution in [3.63, 3.8) is 0 Å². The Morgan fingerprint density at radius 2 is 0.724 bits per heavy atom. The molecule has 0 heterocycles. The van der Waals surface area contributed by atoms with Gasteiger partial charge in [0, 0.05) is 12.8 Å². The molecule has 175 valence electrons. The van der Waals surface area contributed by atoms with Crippen molar-refractivity contribution >= 4 is 0 Å². The van der Waals surface area contributed by atoms with Crippen LogP contribution in [-0.4, -0.2) is 38.2 Å². The van der Waals surface area contributed by atoms with Crippen molar-refractivity contribution < 1.29 is 18.9 Å². The summed E-state index contributed by atoms with van der Waals surface area (Å²) < 4.78 is 25.3. The van der Waals surface area contributed by atoms with E-state index in [9.17, 15) is 0 Å². The van der Waals surface area contributed by atoms with Gasteiger partial charge in [-0.3, -0.25) is 0 Å². The van der Waals surface area contributed by atoms with Gasteiger partial charge in [0.2, 0.25) is 11.8 Å². The van der Waals surface area contributed by atoms with Gasteiger partial charge in [-0.05, 0) is 38.5 Å². The first-order valence-electron chi connectivity index (χ1n) is 12.4. The van der Waals surface area contributed by atoms with E-state index in [1.807, 2.05) is 0 Å². The van der Waals surface area contributed by atoms with Crippen molar-refractivity contribution in [2.24, 2.45) is 0 Å². The summed E-state index contributed by atoms with van der Waals surface area (Å²) >= 11 is 0. The number of hydrogen-bond donors (Lipinski definition) is 0. The SMILES string of the molecule is CCCCOC(CCC)([N]C(CCC)(OCCCC)OCCCC)OCCCC. The fraction of sp³-hybridized carbons (Fsp3) is 1.00. The van der Waals surface area contributed by atoms with Crippen molar-refractivity contribution in [1.29, 1.82) is 0 Å². The van der Waals surface area contributed by atoms with Gasteiger partial charge in [-0.25, -0.2) is 0 Å². The maximum absolute atomic E-state index is 6.32. The van der Waals surface area contributed by atoms with Crippen LogP contribution in [0.4, 0.5) is 0 Å². The molecule has 0 bridgehead atoms. The summed E-state index contributed by atoms with van der Waals surface area (Å²) in [5, 5.41) is 5.12. The van der Waals surface area contributed by atoms with E-state index in [4.69, 9.17) is 24.3 Å². The molecule has 0 atom stereocenters. The van der Waals surface area contributed by atoms with Gasteiger partial charge in [0.05, 0.1) is 26.4 Å². The van der Waals surface area contributed by atoms with E-state index in [1.54, 1.807) is 0 Å². The highest BCUT2D eigenvalue weighted by atomic mass is 16.8. The van der Waals surface area contributed by atoms with Gasteiger partial charge in [0.15, 0.2) is 0 Å². The molecule has 1 radical (unpaired) electrons. The molecule has 0 aromatic heterocycles. The number of rotatable bonds is 22. The topological polar surface area (TPSA) is 51.0 Å². The highest BCUT2D eigenvalue weighted by Crippen LogP contribution is 2.30. The van der Waals surface area contributed by atoms with Gasteiger partial charge in [-0.2, -0.15) is 0 Å². The first-order chi connectivity index (χ1) is 14.1. The molecular formula is C24H50NO4. The van der Waals surface area contributed by atoms with Crippen molar-refractivity contribution in [3.05, 3.63) is 0 Å². The van der Waals surface area contributed by atoms with E-state index < -0.39 is 11.8 Å². The van der Waals surface area contributed by atoms with Crippen LogP contribution >= 0.6 is 0 Å². The molecular weight excluding hydrogens is 366 g/mol. The molecule has 0 rings (SSSR count).